The van der Waals surface area contributed by atoms with Gasteiger partial charge in [0, 0.05) is 23.1 Å². The van der Waals surface area contributed by atoms with Crippen LogP contribution in [-0.2, 0) is 9.53 Å². The fourth-order valence-corrected chi connectivity index (χ4v) is 2.65. The number of carbonyl (C=O) groups is 1. The Morgan fingerprint density at radius 1 is 1.43 bits per heavy atom. The topological polar surface area (TPSA) is 89.7 Å². The van der Waals surface area contributed by atoms with Gasteiger partial charge in [-0.3, -0.25) is 10.1 Å². The van der Waals surface area contributed by atoms with Crippen molar-refractivity contribution < 1.29 is 19.6 Å². The van der Waals surface area contributed by atoms with Crippen LogP contribution >= 0.6 is 11.6 Å². The maximum absolute atomic E-state index is 11.6. The van der Waals surface area contributed by atoms with Gasteiger partial charge in [0.25, 0.3) is 0 Å². The van der Waals surface area contributed by atoms with Crippen LogP contribution in [0.1, 0.15) is 5.56 Å². The van der Waals surface area contributed by atoms with E-state index >= 15 is 0 Å². The van der Waals surface area contributed by atoms with Crippen LogP contribution in [0.2, 0.25) is 0 Å². The number of benzene rings is 1. The summed E-state index contributed by atoms with van der Waals surface area (Å²) in [6.07, 6.45) is 1.10. The number of allylic oxidation sites excluding steroid dienone is 2. The first-order chi connectivity index (χ1) is 9.93. The minimum absolute atomic E-state index is 0.0127. The van der Waals surface area contributed by atoms with Gasteiger partial charge in [-0.25, -0.2) is 4.79 Å². The zero-order valence-electron chi connectivity index (χ0n) is 11.0. The average molecular weight is 310 g/mol. The number of hydrogen-bond acceptors (Lipinski definition) is 4. The summed E-state index contributed by atoms with van der Waals surface area (Å²) in [6, 6.07) is 8.68. The number of nitro groups is 1. The molecule has 1 N–H and O–H groups in total. The number of rotatable bonds is 4. The zero-order valence-corrected chi connectivity index (χ0v) is 11.8. The largest absolute Gasteiger partial charge is 0.476 e. The van der Waals surface area contributed by atoms with Crippen molar-refractivity contribution in [1.29, 1.82) is 0 Å². The highest BCUT2D eigenvalue weighted by Crippen LogP contribution is 2.38. The number of aliphatic carboxylic acids is 1. The van der Waals surface area contributed by atoms with E-state index in [1.165, 1.54) is 13.2 Å². The van der Waals surface area contributed by atoms with Gasteiger partial charge < -0.3 is 9.84 Å². The number of ether oxygens (including phenoxy) is 1. The normalized spacial score (nSPS) is 25.0. The maximum atomic E-state index is 11.6. The molecule has 110 valence electrons. The summed E-state index contributed by atoms with van der Waals surface area (Å²) in [5.41, 5.74) is -1.49. The minimum atomic E-state index is -2.45. The number of halogens is 1. The van der Waals surface area contributed by atoms with Crippen LogP contribution in [0.5, 0.6) is 0 Å². The minimum Gasteiger partial charge on any atom is -0.476 e. The second-order valence-corrected chi connectivity index (χ2v) is 4.93. The number of carboxylic acids is 1. The first-order valence-corrected chi connectivity index (χ1v) is 6.37. The van der Waals surface area contributed by atoms with Gasteiger partial charge in [-0.1, -0.05) is 41.9 Å². The Morgan fingerprint density at radius 2 is 2.05 bits per heavy atom. The zero-order chi connectivity index (χ0) is 15.6. The van der Waals surface area contributed by atoms with E-state index in [2.05, 4.69) is 0 Å². The molecule has 0 heterocycles. The molecule has 1 aliphatic carbocycles. The molecule has 0 amide bonds. The van der Waals surface area contributed by atoms with Gasteiger partial charge in [0.05, 0.1) is 0 Å². The summed E-state index contributed by atoms with van der Waals surface area (Å²) in [7, 11) is 1.23. The fraction of sp³-hybridized carbons (Fsp3) is 0.214. The molecule has 7 heteroatoms. The molecule has 0 radical (unpaired) electrons. The summed E-state index contributed by atoms with van der Waals surface area (Å²) in [6.45, 7) is 0. The van der Waals surface area contributed by atoms with Gasteiger partial charge in [-0.15, -0.1) is 0 Å². The summed E-state index contributed by atoms with van der Waals surface area (Å²) >= 11 is 5.92. The van der Waals surface area contributed by atoms with E-state index in [4.69, 9.17) is 16.3 Å². The van der Waals surface area contributed by atoms with Crippen molar-refractivity contribution in [1.82, 2.24) is 0 Å². The molecule has 2 atom stereocenters. The third-order valence-electron chi connectivity index (χ3n) is 3.32. The summed E-state index contributed by atoms with van der Waals surface area (Å²) in [5, 5.41) is 20.8. The molecule has 2 unspecified atom stereocenters. The molecule has 1 aromatic rings. The van der Waals surface area contributed by atoms with Crippen molar-refractivity contribution in [3.63, 3.8) is 0 Å². The standard InChI is InChI=1S/C14H12ClNO5/c1-21-12-11(9-5-3-2-4-6-9)7-10(15)8-14(12,13(17)18)16(19)20/h2-8,12H,1H3,(H,17,18). The van der Waals surface area contributed by atoms with Crippen LogP contribution in [0.25, 0.3) is 5.57 Å². The van der Waals surface area contributed by atoms with Crippen molar-refractivity contribution in [2.75, 3.05) is 7.11 Å². The highest BCUT2D eigenvalue weighted by Gasteiger charge is 2.60. The van der Waals surface area contributed by atoms with Crippen molar-refractivity contribution in [2.24, 2.45) is 0 Å². The summed E-state index contributed by atoms with van der Waals surface area (Å²) in [5.74, 6) is -1.63. The molecule has 0 aliphatic heterocycles. The Hall–Kier alpha value is -2.18. The van der Waals surface area contributed by atoms with E-state index in [1.807, 2.05) is 0 Å². The van der Waals surface area contributed by atoms with Gasteiger partial charge in [-0.05, 0) is 17.2 Å². The van der Waals surface area contributed by atoms with E-state index in [-0.39, 0.29) is 5.03 Å². The second kappa shape index (κ2) is 5.67. The molecule has 0 saturated heterocycles. The second-order valence-electron chi connectivity index (χ2n) is 4.50. The molecule has 6 nitrogen and oxygen atoms in total. The lowest BCUT2D eigenvalue weighted by Crippen LogP contribution is -2.56. The predicted octanol–water partition coefficient (Wildman–Crippen LogP) is 2.32. The number of methoxy groups -OCH3 is 1. The first-order valence-electron chi connectivity index (χ1n) is 5.99. The quantitative estimate of drug-likeness (QED) is 0.681. The Morgan fingerprint density at radius 3 is 2.52 bits per heavy atom. The number of hydrogen-bond donors (Lipinski definition) is 1. The van der Waals surface area contributed by atoms with Gasteiger partial charge in [0.15, 0.2) is 6.10 Å². The third kappa shape index (κ3) is 2.43. The molecule has 0 spiro atoms. The van der Waals surface area contributed by atoms with Crippen molar-refractivity contribution >= 4 is 23.1 Å². The Balaban J connectivity index is 2.66. The Bertz CT molecular complexity index is 624. The SMILES string of the molecule is COC1C(c2ccccc2)=CC(Cl)=CC1(C(=O)O)[N+](=O)[O-]. The van der Waals surface area contributed by atoms with Crippen molar-refractivity contribution in [2.45, 2.75) is 11.6 Å². The van der Waals surface area contributed by atoms with Crippen LogP contribution in [0.15, 0.2) is 47.5 Å². The van der Waals surface area contributed by atoms with E-state index in [9.17, 15) is 20.0 Å². The summed E-state index contributed by atoms with van der Waals surface area (Å²) < 4.78 is 5.15. The number of carboxylic acid groups (broad SMARTS) is 1. The highest BCUT2D eigenvalue weighted by atomic mass is 35.5. The monoisotopic (exact) mass is 309 g/mol. The molecule has 0 aromatic heterocycles. The highest BCUT2D eigenvalue weighted by molar-refractivity contribution is 6.32. The Labute approximate surface area is 125 Å². The molecule has 2 rings (SSSR count). The van der Waals surface area contributed by atoms with E-state index < -0.39 is 22.5 Å². The fourth-order valence-electron chi connectivity index (χ4n) is 2.36. The average Bonchev–Trinajstić information content (AvgIpc) is 2.46. The molecule has 21 heavy (non-hydrogen) atoms. The lowest BCUT2D eigenvalue weighted by Gasteiger charge is -2.31. The smallest absolute Gasteiger partial charge is 0.390 e. The lowest BCUT2D eigenvalue weighted by molar-refractivity contribution is -0.550. The van der Waals surface area contributed by atoms with Gasteiger partial charge >= 0.3 is 11.5 Å². The van der Waals surface area contributed by atoms with Crippen LogP contribution in [-0.4, -0.2) is 34.8 Å². The molecular formula is C14H12ClNO5. The van der Waals surface area contributed by atoms with E-state index in [1.54, 1.807) is 30.3 Å². The molecule has 0 fully saturated rings. The Kier molecular flexibility index (Phi) is 4.11. The van der Waals surface area contributed by atoms with Crippen LogP contribution in [0.4, 0.5) is 0 Å². The number of nitrogens with zero attached hydrogens (tertiary/aromatic N) is 1. The molecular weight excluding hydrogens is 298 g/mol. The van der Waals surface area contributed by atoms with E-state index in [0.29, 0.717) is 11.1 Å². The predicted molar refractivity (Wildman–Crippen MR) is 76.5 cm³/mol. The van der Waals surface area contributed by atoms with Gasteiger partial charge in [0.2, 0.25) is 0 Å². The molecule has 1 aromatic carbocycles. The van der Waals surface area contributed by atoms with Crippen LogP contribution in [0, 0.1) is 10.1 Å². The maximum Gasteiger partial charge on any atom is 0.390 e. The molecule has 1 aliphatic rings. The van der Waals surface area contributed by atoms with Crippen molar-refractivity contribution in [3.8, 4) is 0 Å². The lowest BCUT2D eigenvalue weighted by atomic mass is 9.81. The third-order valence-corrected chi connectivity index (χ3v) is 3.54. The van der Waals surface area contributed by atoms with Gasteiger partial charge in [-0.2, -0.15) is 0 Å². The van der Waals surface area contributed by atoms with Gasteiger partial charge in [0.1, 0.15) is 0 Å². The molecule has 0 bridgehead atoms. The van der Waals surface area contributed by atoms with Crippen molar-refractivity contribution in [3.05, 3.63) is 63.2 Å². The van der Waals surface area contributed by atoms with Crippen LogP contribution < -0.4 is 0 Å². The van der Waals surface area contributed by atoms with Crippen LogP contribution in [0.3, 0.4) is 0 Å². The van der Waals surface area contributed by atoms with E-state index in [0.717, 1.165) is 6.08 Å². The first kappa shape index (κ1) is 15.2. The molecule has 0 saturated carbocycles. The summed E-state index contributed by atoms with van der Waals surface area (Å²) in [4.78, 5) is 22.1.